The van der Waals surface area contributed by atoms with Crippen LogP contribution in [0.3, 0.4) is 0 Å². The van der Waals surface area contributed by atoms with E-state index in [9.17, 15) is 4.79 Å². The zero-order valence-corrected chi connectivity index (χ0v) is 10.6. The largest absolute Gasteiger partial charge is 0.460 e. The number of benzene rings is 1. The van der Waals surface area contributed by atoms with Gasteiger partial charge in [-0.15, -0.1) is 0 Å². The summed E-state index contributed by atoms with van der Waals surface area (Å²) in [6.07, 6.45) is 1.87. The van der Waals surface area contributed by atoms with E-state index in [1.165, 1.54) is 6.21 Å². The van der Waals surface area contributed by atoms with Crippen molar-refractivity contribution in [2.75, 3.05) is 12.0 Å². The zero-order valence-electron chi connectivity index (χ0n) is 9.87. The number of hydrogen-bond acceptors (Lipinski definition) is 4. The molecule has 0 fully saturated rings. The van der Waals surface area contributed by atoms with Crippen molar-refractivity contribution >= 4 is 29.5 Å². The molecule has 4 nitrogen and oxygen atoms in total. The van der Waals surface area contributed by atoms with Crippen molar-refractivity contribution in [2.45, 2.75) is 20.3 Å². The Hall–Kier alpha value is -1.55. The molecular formula is C12H15ClN2O2. The van der Waals surface area contributed by atoms with E-state index in [4.69, 9.17) is 16.3 Å². The quantitative estimate of drug-likeness (QED) is 0.499. The smallest absolute Gasteiger partial charge is 0.305 e. The number of rotatable bonds is 5. The van der Waals surface area contributed by atoms with Crippen LogP contribution in [-0.2, 0) is 9.53 Å². The van der Waals surface area contributed by atoms with Crippen LogP contribution in [0.25, 0.3) is 0 Å². The number of nitrogens with zero attached hydrogens (tertiary/aromatic N) is 1. The summed E-state index contributed by atoms with van der Waals surface area (Å²) in [5.74, 6) is -0.237. The van der Waals surface area contributed by atoms with Gasteiger partial charge in [0.2, 0.25) is 0 Å². The molecule has 0 aliphatic rings. The summed E-state index contributed by atoms with van der Waals surface area (Å²) in [5.41, 5.74) is 4.72. The first kappa shape index (κ1) is 13.5. The number of halogens is 1. The number of carbonyl (C=O) groups excluding carboxylic acids is 1. The van der Waals surface area contributed by atoms with Crippen molar-refractivity contribution in [3.8, 4) is 0 Å². The van der Waals surface area contributed by atoms with Gasteiger partial charge in [-0.05, 0) is 30.7 Å². The van der Waals surface area contributed by atoms with Crippen LogP contribution in [0, 0.1) is 6.92 Å². The summed E-state index contributed by atoms with van der Waals surface area (Å²) in [5, 5.41) is 4.63. The summed E-state index contributed by atoms with van der Waals surface area (Å²) in [6, 6.07) is 5.47. The van der Waals surface area contributed by atoms with Gasteiger partial charge in [0.25, 0.3) is 0 Å². The molecule has 0 heterocycles. The molecule has 92 valence electrons. The van der Waals surface area contributed by atoms with Gasteiger partial charge in [-0.1, -0.05) is 18.5 Å². The molecule has 0 saturated carbocycles. The highest BCUT2D eigenvalue weighted by atomic mass is 35.5. The summed E-state index contributed by atoms with van der Waals surface area (Å²) in [4.78, 5) is 10.8. The fraction of sp³-hybridized carbons (Fsp3) is 0.333. The molecule has 0 amide bonds. The van der Waals surface area contributed by atoms with E-state index >= 15 is 0 Å². The van der Waals surface area contributed by atoms with Crippen molar-refractivity contribution in [1.29, 1.82) is 0 Å². The summed E-state index contributed by atoms with van der Waals surface area (Å²) < 4.78 is 4.83. The van der Waals surface area contributed by atoms with Gasteiger partial charge in [-0.2, -0.15) is 5.10 Å². The summed E-state index contributed by atoms with van der Waals surface area (Å²) in [6.45, 7) is 3.85. The molecule has 0 spiro atoms. The molecule has 0 saturated heterocycles. The van der Waals surface area contributed by atoms with E-state index in [2.05, 4.69) is 10.5 Å². The number of nitrogens with one attached hydrogen (secondary N) is 1. The van der Waals surface area contributed by atoms with Crippen LogP contribution in [0.1, 0.15) is 18.9 Å². The Balaban J connectivity index is 2.39. The van der Waals surface area contributed by atoms with Crippen molar-refractivity contribution in [3.63, 3.8) is 0 Å². The minimum atomic E-state index is -0.237. The average molecular weight is 255 g/mol. The van der Waals surface area contributed by atoms with Crippen molar-refractivity contribution in [1.82, 2.24) is 0 Å². The zero-order chi connectivity index (χ0) is 12.7. The van der Waals surface area contributed by atoms with Gasteiger partial charge < -0.3 is 4.74 Å². The maximum atomic E-state index is 10.8. The third-order valence-corrected chi connectivity index (χ3v) is 2.31. The second kappa shape index (κ2) is 6.91. The first-order valence-electron chi connectivity index (χ1n) is 5.32. The molecule has 0 radical (unpaired) electrons. The molecule has 5 heteroatoms. The Morgan fingerprint density at radius 3 is 3.00 bits per heavy atom. The highest BCUT2D eigenvalue weighted by Gasteiger charge is 1.97. The fourth-order valence-corrected chi connectivity index (χ4v) is 1.36. The van der Waals surface area contributed by atoms with E-state index in [0.717, 1.165) is 11.3 Å². The number of anilines is 1. The number of esters is 1. The maximum Gasteiger partial charge on any atom is 0.305 e. The molecule has 0 bridgehead atoms. The Morgan fingerprint density at radius 2 is 2.35 bits per heavy atom. The van der Waals surface area contributed by atoms with Gasteiger partial charge in [-0.3, -0.25) is 10.2 Å². The molecule has 0 aliphatic heterocycles. The Morgan fingerprint density at radius 1 is 1.59 bits per heavy atom. The van der Waals surface area contributed by atoms with E-state index in [1.54, 1.807) is 13.0 Å². The lowest BCUT2D eigenvalue weighted by Gasteiger charge is -2.04. The lowest BCUT2D eigenvalue weighted by atomic mass is 10.2. The Labute approximate surface area is 106 Å². The number of ether oxygens (including phenoxy) is 1. The molecular weight excluding hydrogens is 240 g/mol. The van der Waals surface area contributed by atoms with Crippen LogP contribution in [0.2, 0.25) is 5.02 Å². The lowest BCUT2D eigenvalue weighted by molar-refractivity contribution is -0.141. The van der Waals surface area contributed by atoms with Crippen LogP contribution >= 0.6 is 11.6 Å². The lowest BCUT2D eigenvalue weighted by Crippen LogP contribution is -2.05. The van der Waals surface area contributed by atoms with Gasteiger partial charge in [0.05, 0.1) is 11.9 Å². The van der Waals surface area contributed by atoms with E-state index < -0.39 is 0 Å². The third kappa shape index (κ3) is 4.87. The molecule has 1 rings (SSSR count). The number of hydrazone groups is 1. The average Bonchev–Trinajstić information content (AvgIpc) is 2.30. The molecule has 17 heavy (non-hydrogen) atoms. The highest BCUT2D eigenvalue weighted by molar-refractivity contribution is 6.30. The second-order valence-electron chi connectivity index (χ2n) is 3.42. The number of hydrogen-bond donors (Lipinski definition) is 1. The van der Waals surface area contributed by atoms with Gasteiger partial charge in [0.1, 0.15) is 6.61 Å². The molecule has 1 aromatic rings. The van der Waals surface area contributed by atoms with Crippen LogP contribution < -0.4 is 5.43 Å². The molecule has 0 unspecified atom stereocenters. The van der Waals surface area contributed by atoms with Gasteiger partial charge >= 0.3 is 5.97 Å². The number of carbonyl (C=O) groups is 1. The molecule has 1 N–H and O–H groups in total. The monoisotopic (exact) mass is 254 g/mol. The molecule has 0 aliphatic carbocycles. The summed E-state index contributed by atoms with van der Waals surface area (Å²) >= 11 is 5.83. The van der Waals surface area contributed by atoms with E-state index in [1.807, 2.05) is 19.1 Å². The van der Waals surface area contributed by atoms with Gasteiger partial charge in [0, 0.05) is 11.4 Å². The SMILES string of the molecule is CCC(=O)OCC=NNc1ccc(Cl)cc1C. The number of aryl methyl sites for hydroxylation is 1. The molecule has 1 aromatic carbocycles. The van der Waals surface area contributed by atoms with E-state index in [-0.39, 0.29) is 12.6 Å². The minimum absolute atomic E-state index is 0.173. The summed E-state index contributed by atoms with van der Waals surface area (Å²) in [7, 11) is 0. The Bertz CT molecular complexity index is 419. The van der Waals surface area contributed by atoms with Crippen molar-refractivity contribution in [2.24, 2.45) is 5.10 Å². The maximum absolute atomic E-state index is 10.8. The first-order valence-corrected chi connectivity index (χ1v) is 5.70. The van der Waals surface area contributed by atoms with Crippen LogP contribution in [0.4, 0.5) is 5.69 Å². The first-order chi connectivity index (χ1) is 8.13. The van der Waals surface area contributed by atoms with Crippen molar-refractivity contribution < 1.29 is 9.53 Å². The standard InChI is InChI=1S/C12H15ClN2O2/c1-3-12(16)17-7-6-14-15-11-5-4-10(13)8-9(11)2/h4-6,8,15H,3,7H2,1-2H3. The predicted octanol–water partition coefficient (Wildman–Crippen LogP) is 3.00. The highest BCUT2D eigenvalue weighted by Crippen LogP contribution is 2.19. The minimum Gasteiger partial charge on any atom is -0.460 e. The topological polar surface area (TPSA) is 50.7 Å². The van der Waals surface area contributed by atoms with Crippen LogP contribution in [0.15, 0.2) is 23.3 Å². The van der Waals surface area contributed by atoms with Crippen LogP contribution in [0.5, 0.6) is 0 Å². The van der Waals surface area contributed by atoms with Gasteiger partial charge in [0.15, 0.2) is 0 Å². The third-order valence-electron chi connectivity index (χ3n) is 2.07. The second-order valence-corrected chi connectivity index (χ2v) is 3.86. The van der Waals surface area contributed by atoms with E-state index in [0.29, 0.717) is 11.4 Å². The van der Waals surface area contributed by atoms with Gasteiger partial charge in [-0.25, -0.2) is 0 Å². The molecule has 0 atom stereocenters. The Kier molecular flexibility index (Phi) is 5.49. The molecule has 0 aromatic heterocycles. The predicted molar refractivity (Wildman–Crippen MR) is 69.6 cm³/mol. The van der Waals surface area contributed by atoms with Crippen LogP contribution in [-0.4, -0.2) is 18.8 Å². The fourth-order valence-electron chi connectivity index (χ4n) is 1.14. The normalized spacial score (nSPS) is 10.5. The van der Waals surface area contributed by atoms with Crippen molar-refractivity contribution in [3.05, 3.63) is 28.8 Å².